The maximum atomic E-state index is 6.46. The lowest BCUT2D eigenvalue weighted by Gasteiger charge is -2.25. The number of nitrogens with zero attached hydrogens (tertiary/aromatic N) is 1. The second-order valence-electron chi connectivity index (χ2n) is 6.82. The van der Waals surface area contributed by atoms with Gasteiger partial charge in [-0.25, -0.2) is 4.67 Å². The third-order valence-corrected chi connectivity index (χ3v) is 6.95. The average molecular weight is 335 g/mol. The summed E-state index contributed by atoms with van der Waals surface area (Å²) in [5.74, 6) is 0. The first kappa shape index (κ1) is 16.0. The van der Waals surface area contributed by atoms with Crippen LogP contribution in [0.3, 0.4) is 0 Å². The Balaban J connectivity index is 1.49. The SMILES string of the molecule is CC[C@H]1O[C@@H](C)CC1O[P@@]1O[C@H](c2ccccc2)C2CCCN21. The van der Waals surface area contributed by atoms with Crippen LogP contribution in [0.5, 0.6) is 0 Å². The Kier molecular flexibility index (Phi) is 4.71. The van der Waals surface area contributed by atoms with Crippen molar-refractivity contribution in [2.24, 2.45) is 0 Å². The van der Waals surface area contributed by atoms with E-state index in [4.69, 9.17) is 13.8 Å². The second kappa shape index (κ2) is 6.78. The molecule has 3 heterocycles. The van der Waals surface area contributed by atoms with Gasteiger partial charge in [-0.05, 0) is 31.7 Å². The quantitative estimate of drug-likeness (QED) is 0.762. The van der Waals surface area contributed by atoms with E-state index in [9.17, 15) is 0 Å². The minimum absolute atomic E-state index is 0.157. The molecular weight excluding hydrogens is 309 g/mol. The van der Waals surface area contributed by atoms with Crippen molar-refractivity contribution in [1.29, 1.82) is 0 Å². The average Bonchev–Trinajstić information content (AvgIpc) is 3.25. The lowest BCUT2D eigenvalue weighted by atomic mass is 10.0. The number of fused-ring (bicyclic) bond motifs is 1. The van der Waals surface area contributed by atoms with E-state index >= 15 is 0 Å². The molecule has 0 bridgehead atoms. The highest BCUT2D eigenvalue weighted by Crippen LogP contribution is 2.61. The number of hydrogen-bond acceptors (Lipinski definition) is 4. The zero-order valence-corrected chi connectivity index (χ0v) is 14.8. The Hall–Kier alpha value is -0.510. The molecule has 4 nitrogen and oxygen atoms in total. The molecule has 0 radical (unpaired) electrons. The summed E-state index contributed by atoms with van der Waals surface area (Å²) in [5.41, 5.74) is 1.28. The Morgan fingerprint density at radius 1 is 1.30 bits per heavy atom. The molecule has 3 aliphatic rings. The summed E-state index contributed by atoms with van der Waals surface area (Å²) >= 11 is 0. The number of ether oxygens (including phenoxy) is 1. The summed E-state index contributed by atoms with van der Waals surface area (Å²) in [6.07, 6.45) is 5.28. The minimum Gasteiger partial charge on any atom is -0.372 e. The third-order valence-electron chi connectivity index (χ3n) is 5.17. The van der Waals surface area contributed by atoms with Crippen molar-refractivity contribution >= 4 is 8.53 Å². The smallest absolute Gasteiger partial charge is 0.260 e. The summed E-state index contributed by atoms with van der Waals surface area (Å²) in [7, 11) is -0.958. The van der Waals surface area contributed by atoms with Crippen LogP contribution in [0.2, 0.25) is 0 Å². The Morgan fingerprint density at radius 2 is 2.13 bits per heavy atom. The van der Waals surface area contributed by atoms with Crippen molar-refractivity contribution in [3.63, 3.8) is 0 Å². The van der Waals surface area contributed by atoms with Gasteiger partial charge >= 0.3 is 0 Å². The third kappa shape index (κ3) is 3.08. The zero-order chi connectivity index (χ0) is 15.8. The van der Waals surface area contributed by atoms with Gasteiger partial charge < -0.3 is 13.8 Å². The summed E-state index contributed by atoms with van der Waals surface area (Å²) in [6.45, 7) is 5.41. The van der Waals surface area contributed by atoms with Crippen molar-refractivity contribution in [2.75, 3.05) is 6.54 Å². The Morgan fingerprint density at radius 3 is 2.91 bits per heavy atom. The van der Waals surface area contributed by atoms with Crippen LogP contribution in [0.4, 0.5) is 0 Å². The maximum absolute atomic E-state index is 6.46. The number of rotatable bonds is 4. The molecule has 3 aliphatic heterocycles. The van der Waals surface area contributed by atoms with Gasteiger partial charge in [0.1, 0.15) is 6.10 Å². The molecule has 5 heteroatoms. The van der Waals surface area contributed by atoms with Crippen molar-refractivity contribution in [3.8, 4) is 0 Å². The predicted molar refractivity (Wildman–Crippen MR) is 91.0 cm³/mol. The van der Waals surface area contributed by atoms with E-state index in [0.29, 0.717) is 12.1 Å². The van der Waals surface area contributed by atoms with E-state index in [0.717, 1.165) is 19.4 Å². The molecule has 3 saturated heterocycles. The Labute approximate surface area is 140 Å². The molecule has 0 aromatic heterocycles. The van der Waals surface area contributed by atoms with Crippen molar-refractivity contribution in [3.05, 3.63) is 35.9 Å². The molecule has 1 aromatic carbocycles. The molecule has 23 heavy (non-hydrogen) atoms. The minimum atomic E-state index is -0.958. The van der Waals surface area contributed by atoms with Gasteiger partial charge in [-0.3, -0.25) is 0 Å². The van der Waals surface area contributed by atoms with Crippen LogP contribution < -0.4 is 0 Å². The van der Waals surface area contributed by atoms with E-state index in [-0.39, 0.29) is 18.3 Å². The van der Waals surface area contributed by atoms with Gasteiger partial charge in [0.15, 0.2) is 0 Å². The normalized spacial score (nSPS) is 40.6. The van der Waals surface area contributed by atoms with Crippen molar-refractivity contribution in [1.82, 2.24) is 4.67 Å². The largest absolute Gasteiger partial charge is 0.372 e. The molecular formula is C18H26NO3P. The van der Waals surface area contributed by atoms with Crippen LogP contribution in [0.15, 0.2) is 30.3 Å². The van der Waals surface area contributed by atoms with Gasteiger partial charge in [0.2, 0.25) is 0 Å². The topological polar surface area (TPSA) is 30.9 Å². The van der Waals surface area contributed by atoms with Gasteiger partial charge in [-0.15, -0.1) is 0 Å². The molecule has 4 rings (SSSR count). The van der Waals surface area contributed by atoms with Gasteiger partial charge in [0.25, 0.3) is 8.53 Å². The molecule has 6 atom stereocenters. The first-order valence-electron chi connectivity index (χ1n) is 8.87. The summed E-state index contributed by atoms with van der Waals surface area (Å²) < 4.78 is 21.3. The van der Waals surface area contributed by atoms with Crippen LogP contribution in [0.1, 0.15) is 51.2 Å². The molecule has 0 aliphatic carbocycles. The van der Waals surface area contributed by atoms with Gasteiger partial charge in [-0.2, -0.15) is 0 Å². The second-order valence-corrected chi connectivity index (χ2v) is 8.23. The predicted octanol–water partition coefficient (Wildman–Crippen LogP) is 4.42. The van der Waals surface area contributed by atoms with E-state index in [1.165, 1.54) is 18.4 Å². The van der Waals surface area contributed by atoms with Crippen LogP contribution in [-0.4, -0.2) is 35.6 Å². The standard InChI is InChI=1S/C18H26NO3P/c1-3-16-17(12-13(2)20-16)21-23-19-11-7-10-15(19)18(22-23)14-8-5-4-6-9-14/h4-6,8-9,13,15-18H,3,7,10-12H2,1-2H3/t13-,15?,16+,17?,18+,23-/m0/s1. The molecule has 1 aromatic rings. The molecule has 0 spiro atoms. The van der Waals surface area contributed by atoms with Crippen molar-refractivity contribution < 1.29 is 13.8 Å². The highest BCUT2D eigenvalue weighted by Gasteiger charge is 2.49. The fraction of sp³-hybridized carbons (Fsp3) is 0.667. The zero-order valence-electron chi connectivity index (χ0n) is 13.9. The van der Waals surface area contributed by atoms with Crippen LogP contribution in [0, 0.1) is 0 Å². The fourth-order valence-electron chi connectivity index (χ4n) is 4.03. The maximum Gasteiger partial charge on any atom is 0.260 e. The summed E-state index contributed by atoms with van der Waals surface area (Å²) in [4.78, 5) is 0. The Bertz CT molecular complexity index is 528. The van der Waals surface area contributed by atoms with Crippen molar-refractivity contribution in [2.45, 2.75) is 70.0 Å². The van der Waals surface area contributed by atoms with E-state index < -0.39 is 8.53 Å². The lowest BCUT2D eigenvalue weighted by Crippen LogP contribution is -2.26. The molecule has 0 amide bonds. The highest BCUT2D eigenvalue weighted by atomic mass is 31.2. The number of benzene rings is 1. The van der Waals surface area contributed by atoms with E-state index in [1.54, 1.807) is 0 Å². The highest BCUT2D eigenvalue weighted by molar-refractivity contribution is 7.44. The fourth-order valence-corrected chi connectivity index (χ4v) is 6.02. The van der Waals surface area contributed by atoms with Gasteiger partial charge in [0, 0.05) is 19.0 Å². The van der Waals surface area contributed by atoms with Crippen LogP contribution in [-0.2, 0) is 13.8 Å². The molecule has 0 saturated carbocycles. The first-order valence-corrected chi connectivity index (χ1v) is 10.00. The number of hydrogen-bond donors (Lipinski definition) is 0. The van der Waals surface area contributed by atoms with Gasteiger partial charge in [-0.1, -0.05) is 37.3 Å². The monoisotopic (exact) mass is 335 g/mol. The van der Waals surface area contributed by atoms with E-state index in [2.05, 4.69) is 48.8 Å². The molecule has 126 valence electrons. The summed E-state index contributed by atoms with van der Waals surface area (Å²) in [5, 5.41) is 0. The summed E-state index contributed by atoms with van der Waals surface area (Å²) in [6, 6.07) is 11.1. The molecule has 3 fully saturated rings. The molecule has 2 unspecified atom stereocenters. The van der Waals surface area contributed by atoms with E-state index in [1.807, 2.05) is 0 Å². The van der Waals surface area contributed by atoms with Crippen LogP contribution >= 0.6 is 8.53 Å². The molecule has 0 N–H and O–H groups in total. The lowest BCUT2D eigenvalue weighted by molar-refractivity contribution is 0.0193. The first-order chi connectivity index (χ1) is 11.3. The van der Waals surface area contributed by atoms with Crippen LogP contribution in [0.25, 0.3) is 0 Å². The van der Waals surface area contributed by atoms with Gasteiger partial charge in [0.05, 0.1) is 18.3 Å².